The number of anilines is 1. The van der Waals surface area contributed by atoms with Crippen LogP contribution in [-0.4, -0.2) is 32.7 Å². The second-order valence-electron chi connectivity index (χ2n) is 4.77. The van der Waals surface area contributed by atoms with Crippen molar-refractivity contribution in [3.05, 3.63) is 52.0 Å². The van der Waals surface area contributed by atoms with Crippen molar-refractivity contribution >= 4 is 40.8 Å². The molecule has 0 aliphatic heterocycles. The first kappa shape index (κ1) is 18.9. The van der Waals surface area contributed by atoms with Crippen molar-refractivity contribution in [1.82, 2.24) is 0 Å². The summed E-state index contributed by atoms with van der Waals surface area (Å²) in [5.74, 6) is -0.664. The summed E-state index contributed by atoms with van der Waals surface area (Å²) in [6, 6.07) is 9.58. The van der Waals surface area contributed by atoms with Crippen LogP contribution < -0.4 is 14.8 Å². The zero-order valence-corrected chi connectivity index (χ0v) is 15.0. The number of hydrogen-bond donors (Lipinski definition) is 1. The topological polar surface area (TPSA) is 73.9 Å². The number of rotatable bonds is 6. The zero-order valence-electron chi connectivity index (χ0n) is 13.5. The summed E-state index contributed by atoms with van der Waals surface area (Å²) in [4.78, 5) is 24.1. The van der Waals surface area contributed by atoms with Gasteiger partial charge in [0.25, 0.3) is 5.91 Å². The molecule has 0 radical (unpaired) electrons. The highest BCUT2D eigenvalue weighted by atomic mass is 35.5. The van der Waals surface area contributed by atoms with E-state index < -0.39 is 18.5 Å². The summed E-state index contributed by atoms with van der Waals surface area (Å²) in [5.41, 5.74) is 0.476. The molecule has 0 aliphatic carbocycles. The lowest BCUT2D eigenvalue weighted by Gasteiger charge is -2.12. The van der Waals surface area contributed by atoms with Gasteiger partial charge in [-0.05, 0) is 24.3 Å². The Morgan fingerprint density at radius 1 is 1.04 bits per heavy atom. The molecule has 0 bridgehead atoms. The maximum Gasteiger partial charge on any atom is 0.342 e. The van der Waals surface area contributed by atoms with E-state index in [0.717, 1.165) is 0 Å². The van der Waals surface area contributed by atoms with Gasteiger partial charge in [0, 0.05) is 0 Å². The van der Waals surface area contributed by atoms with Gasteiger partial charge in [-0.3, -0.25) is 4.79 Å². The Morgan fingerprint density at radius 2 is 1.76 bits per heavy atom. The molecule has 0 unspecified atom stereocenters. The van der Waals surface area contributed by atoms with Gasteiger partial charge in [-0.15, -0.1) is 0 Å². The minimum atomic E-state index is -0.719. The first-order valence-corrected chi connectivity index (χ1v) is 7.85. The first-order valence-electron chi connectivity index (χ1n) is 7.10. The first-order chi connectivity index (χ1) is 12.0. The van der Waals surface area contributed by atoms with Gasteiger partial charge >= 0.3 is 5.97 Å². The number of carbonyl (C=O) groups is 2. The van der Waals surface area contributed by atoms with E-state index in [1.54, 1.807) is 30.3 Å². The van der Waals surface area contributed by atoms with Gasteiger partial charge in [0.05, 0.1) is 30.0 Å². The maximum absolute atomic E-state index is 12.2. The monoisotopic (exact) mass is 383 g/mol. The normalized spacial score (nSPS) is 10.1. The Kier molecular flexibility index (Phi) is 6.50. The third-order valence-electron chi connectivity index (χ3n) is 3.18. The van der Waals surface area contributed by atoms with Gasteiger partial charge in [-0.25, -0.2) is 4.79 Å². The molecule has 1 amide bonds. The molecule has 0 heterocycles. The van der Waals surface area contributed by atoms with E-state index in [9.17, 15) is 9.59 Å². The number of ether oxygens (including phenoxy) is 3. The maximum atomic E-state index is 12.2. The van der Waals surface area contributed by atoms with Crippen LogP contribution >= 0.6 is 23.2 Å². The molecule has 0 saturated heterocycles. The highest BCUT2D eigenvalue weighted by molar-refractivity contribution is 6.44. The molecule has 132 valence electrons. The molecule has 0 spiro atoms. The number of halogens is 2. The van der Waals surface area contributed by atoms with Crippen molar-refractivity contribution in [1.29, 1.82) is 0 Å². The van der Waals surface area contributed by atoms with E-state index in [-0.39, 0.29) is 16.3 Å². The second-order valence-corrected chi connectivity index (χ2v) is 5.55. The van der Waals surface area contributed by atoms with Crippen molar-refractivity contribution in [3.63, 3.8) is 0 Å². The van der Waals surface area contributed by atoms with Gasteiger partial charge in [0.1, 0.15) is 5.56 Å². The highest BCUT2D eigenvalue weighted by Crippen LogP contribution is 2.31. The Bertz CT molecular complexity index is 795. The average Bonchev–Trinajstić information content (AvgIpc) is 2.62. The van der Waals surface area contributed by atoms with E-state index in [0.29, 0.717) is 16.5 Å². The van der Waals surface area contributed by atoms with Crippen LogP contribution in [0, 0.1) is 0 Å². The largest absolute Gasteiger partial charge is 0.493 e. The van der Waals surface area contributed by atoms with Crippen molar-refractivity contribution < 1.29 is 23.8 Å². The summed E-state index contributed by atoms with van der Waals surface area (Å²) < 4.78 is 15.3. The summed E-state index contributed by atoms with van der Waals surface area (Å²) in [6.45, 7) is -0.498. The van der Waals surface area contributed by atoms with Crippen LogP contribution in [0.3, 0.4) is 0 Å². The fourth-order valence-electron chi connectivity index (χ4n) is 2.04. The smallest absolute Gasteiger partial charge is 0.342 e. The van der Waals surface area contributed by atoms with Crippen molar-refractivity contribution in [2.24, 2.45) is 0 Å². The fraction of sp³-hybridized carbons (Fsp3) is 0.176. The Labute approximate surface area is 154 Å². The Morgan fingerprint density at radius 3 is 2.44 bits per heavy atom. The molecular weight excluding hydrogens is 369 g/mol. The number of carbonyl (C=O) groups excluding carboxylic acids is 2. The number of esters is 1. The van der Waals surface area contributed by atoms with Crippen LogP contribution in [0.15, 0.2) is 36.4 Å². The van der Waals surface area contributed by atoms with E-state index in [1.807, 2.05) is 0 Å². The van der Waals surface area contributed by atoms with Crippen LogP contribution in [0.2, 0.25) is 10.0 Å². The summed E-state index contributed by atoms with van der Waals surface area (Å²) in [6.07, 6.45) is 0. The van der Waals surface area contributed by atoms with Crippen molar-refractivity contribution in [2.45, 2.75) is 0 Å². The molecule has 2 aromatic carbocycles. The Balaban J connectivity index is 2.03. The SMILES string of the molecule is COc1cccc(C(=O)OCC(=O)Nc2cccc(Cl)c2Cl)c1OC. The quantitative estimate of drug-likeness (QED) is 0.767. The molecule has 25 heavy (non-hydrogen) atoms. The number of nitrogens with one attached hydrogen (secondary N) is 1. The van der Waals surface area contributed by atoms with E-state index in [4.69, 9.17) is 37.4 Å². The highest BCUT2D eigenvalue weighted by Gasteiger charge is 2.19. The number of amides is 1. The standard InChI is InChI=1S/C17H15Cl2NO5/c1-23-13-8-3-5-10(16(13)24-2)17(22)25-9-14(21)20-12-7-4-6-11(18)15(12)19/h3-8H,9H2,1-2H3,(H,20,21). The summed E-state index contributed by atoms with van der Waals surface area (Å²) in [5, 5.41) is 3.03. The minimum Gasteiger partial charge on any atom is -0.493 e. The number of methoxy groups -OCH3 is 2. The van der Waals surface area contributed by atoms with E-state index in [1.165, 1.54) is 20.3 Å². The molecule has 0 fully saturated rings. The van der Waals surface area contributed by atoms with Crippen LogP contribution in [0.1, 0.15) is 10.4 Å². The third-order valence-corrected chi connectivity index (χ3v) is 4.00. The zero-order chi connectivity index (χ0) is 18.4. The predicted octanol–water partition coefficient (Wildman–Crippen LogP) is 3.81. The number of para-hydroxylation sites is 1. The average molecular weight is 384 g/mol. The molecule has 6 nitrogen and oxygen atoms in total. The van der Waals surface area contributed by atoms with Crippen LogP contribution in [0.4, 0.5) is 5.69 Å². The van der Waals surface area contributed by atoms with Crippen LogP contribution in [0.25, 0.3) is 0 Å². The van der Waals surface area contributed by atoms with Crippen molar-refractivity contribution in [2.75, 3.05) is 26.1 Å². The minimum absolute atomic E-state index is 0.149. The van der Waals surface area contributed by atoms with Crippen molar-refractivity contribution in [3.8, 4) is 11.5 Å². The van der Waals surface area contributed by atoms with Crippen LogP contribution in [0.5, 0.6) is 11.5 Å². The molecule has 0 saturated carbocycles. The summed E-state index contributed by atoms with van der Waals surface area (Å²) >= 11 is 11.9. The third kappa shape index (κ3) is 4.55. The lowest BCUT2D eigenvalue weighted by molar-refractivity contribution is -0.119. The van der Waals surface area contributed by atoms with E-state index >= 15 is 0 Å². The van der Waals surface area contributed by atoms with Crippen LogP contribution in [-0.2, 0) is 9.53 Å². The van der Waals surface area contributed by atoms with Gasteiger partial charge < -0.3 is 19.5 Å². The number of benzene rings is 2. The van der Waals surface area contributed by atoms with Gasteiger partial charge in [-0.2, -0.15) is 0 Å². The number of hydrogen-bond acceptors (Lipinski definition) is 5. The van der Waals surface area contributed by atoms with Gasteiger partial charge in [-0.1, -0.05) is 35.3 Å². The molecule has 0 aliphatic rings. The molecule has 1 N–H and O–H groups in total. The molecule has 2 rings (SSSR count). The fourth-order valence-corrected chi connectivity index (χ4v) is 2.39. The molecular formula is C17H15Cl2NO5. The van der Waals surface area contributed by atoms with Gasteiger partial charge in [0.2, 0.25) is 0 Å². The van der Waals surface area contributed by atoms with E-state index in [2.05, 4.69) is 5.32 Å². The predicted molar refractivity (Wildman–Crippen MR) is 94.9 cm³/mol. The van der Waals surface area contributed by atoms with Gasteiger partial charge in [0.15, 0.2) is 18.1 Å². The lowest BCUT2D eigenvalue weighted by atomic mass is 10.2. The second kappa shape index (κ2) is 8.60. The Hall–Kier alpha value is -2.44. The molecule has 0 aromatic heterocycles. The lowest BCUT2D eigenvalue weighted by Crippen LogP contribution is -2.21. The summed E-state index contributed by atoms with van der Waals surface area (Å²) in [7, 11) is 2.86. The molecule has 2 aromatic rings. The molecule has 8 heteroatoms. The molecule has 0 atom stereocenters.